The quantitative estimate of drug-likeness (QED) is 0.664. The average Bonchev–Trinajstić information content (AvgIpc) is 3.10. The predicted molar refractivity (Wildman–Crippen MR) is 109 cm³/mol. The second-order valence-corrected chi connectivity index (χ2v) is 8.59. The number of rotatable bonds is 6. The highest BCUT2D eigenvalue weighted by Gasteiger charge is 2.29. The van der Waals surface area contributed by atoms with Crippen LogP contribution >= 0.6 is 23.4 Å². The van der Waals surface area contributed by atoms with Crippen molar-refractivity contribution in [3.63, 3.8) is 0 Å². The van der Waals surface area contributed by atoms with Gasteiger partial charge in [0.15, 0.2) is 5.76 Å². The first-order chi connectivity index (χ1) is 12.5. The van der Waals surface area contributed by atoms with Crippen LogP contribution in [0.3, 0.4) is 0 Å². The van der Waals surface area contributed by atoms with E-state index >= 15 is 0 Å². The van der Waals surface area contributed by atoms with E-state index in [9.17, 15) is 4.79 Å². The number of halogens is 1. The second-order valence-electron chi connectivity index (χ2n) is 7.20. The topological polar surface area (TPSA) is 42.2 Å². The van der Waals surface area contributed by atoms with Crippen LogP contribution in [-0.4, -0.2) is 11.9 Å². The Balaban J connectivity index is 1.51. The molecule has 1 aliphatic rings. The predicted octanol–water partition coefficient (Wildman–Crippen LogP) is 5.92. The Labute approximate surface area is 164 Å². The molecule has 1 N–H and O–H groups in total. The zero-order chi connectivity index (χ0) is 18.5. The first-order valence-corrected chi connectivity index (χ1v) is 10.8. The van der Waals surface area contributed by atoms with E-state index in [1.165, 1.54) is 12.8 Å². The van der Waals surface area contributed by atoms with Crippen molar-refractivity contribution in [2.75, 3.05) is 0 Å². The van der Waals surface area contributed by atoms with Gasteiger partial charge in [0.2, 0.25) is 0 Å². The fourth-order valence-corrected chi connectivity index (χ4v) is 4.69. The summed E-state index contributed by atoms with van der Waals surface area (Å²) in [6.45, 7) is 4.50. The van der Waals surface area contributed by atoms with E-state index in [0.29, 0.717) is 17.6 Å². The summed E-state index contributed by atoms with van der Waals surface area (Å²) in [5.74, 6) is 3.82. The molecule has 140 valence electrons. The van der Waals surface area contributed by atoms with Gasteiger partial charge in [-0.15, -0.1) is 11.8 Å². The van der Waals surface area contributed by atoms with Crippen molar-refractivity contribution in [2.45, 2.75) is 50.7 Å². The molecule has 1 fully saturated rings. The van der Waals surface area contributed by atoms with Crippen LogP contribution in [-0.2, 0) is 11.5 Å². The molecule has 3 nitrogen and oxygen atoms in total. The van der Waals surface area contributed by atoms with Crippen molar-refractivity contribution < 1.29 is 9.21 Å². The number of benzene rings is 1. The number of nitrogens with one attached hydrogen (secondary N) is 1. The zero-order valence-electron chi connectivity index (χ0n) is 15.3. The molecular formula is C21H26ClNO2S. The maximum atomic E-state index is 12.5. The number of furan rings is 1. The Bertz CT molecular complexity index is 745. The van der Waals surface area contributed by atoms with Crippen molar-refractivity contribution in [1.82, 2.24) is 5.32 Å². The monoisotopic (exact) mass is 391 g/mol. The highest BCUT2D eigenvalue weighted by Crippen LogP contribution is 2.30. The lowest BCUT2D eigenvalue weighted by atomic mass is 9.78. The van der Waals surface area contributed by atoms with Gasteiger partial charge in [-0.05, 0) is 42.0 Å². The summed E-state index contributed by atoms with van der Waals surface area (Å²) in [6, 6.07) is 11.8. The molecule has 26 heavy (non-hydrogen) atoms. The summed E-state index contributed by atoms with van der Waals surface area (Å²) in [7, 11) is 0. The van der Waals surface area contributed by atoms with Crippen LogP contribution in [0, 0.1) is 11.8 Å². The lowest BCUT2D eigenvalue weighted by molar-refractivity contribution is 0.0861. The van der Waals surface area contributed by atoms with E-state index in [1.807, 2.05) is 30.3 Å². The highest BCUT2D eigenvalue weighted by molar-refractivity contribution is 7.97. The summed E-state index contributed by atoms with van der Waals surface area (Å²) >= 11 is 7.90. The summed E-state index contributed by atoms with van der Waals surface area (Å²) in [5.41, 5.74) is 1.11. The molecule has 1 heterocycles. The maximum absolute atomic E-state index is 12.5. The molecule has 0 unspecified atom stereocenters. The Morgan fingerprint density at radius 2 is 2.00 bits per heavy atom. The Morgan fingerprint density at radius 3 is 2.81 bits per heavy atom. The molecule has 3 atom stereocenters. The van der Waals surface area contributed by atoms with Crippen LogP contribution in [0.5, 0.6) is 0 Å². The SMILES string of the molecule is C[C@H]1[C@H](C)CCC[C@@H]1NC(=O)c1ccc(CSCc2ccccc2Cl)o1. The molecule has 0 radical (unpaired) electrons. The molecule has 1 saturated carbocycles. The molecule has 3 rings (SSSR count). The fraction of sp³-hybridized carbons (Fsp3) is 0.476. The summed E-state index contributed by atoms with van der Waals surface area (Å²) < 4.78 is 5.75. The van der Waals surface area contributed by atoms with E-state index in [4.69, 9.17) is 16.0 Å². The van der Waals surface area contributed by atoms with Gasteiger partial charge in [0.25, 0.3) is 5.91 Å². The molecule has 2 aromatic rings. The first-order valence-electron chi connectivity index (χ1n) is 9.25. The van der Waals surface area contributed by atoms with Gasteiger partial charge in [0, 0.05) is 16.8 Å². The molecule has 1 amide bonds. The van der Waals surface area contributed by atoms with Crippen LogP contribution in [0.15, 0.2) is 40.8 Å². The third kappa shape index (κ3) is 4.86. The third-order valence-corrected chi connectivity index (χ3v) is 6.74. The lowest BCUT2D eigenvalue weighted by Gasteiger charge is -2.34. The third-order valence-electron chi connectivity index (χ3n) is 5.37. The molecule has 0 spiro atoms. The van der Waals surface area contributed by atoms with Crippen LogP contribution in [0.1, 0.15) is 55.0 Å². The standard InChI is InChI=1S/C21H26ClNO2S/c1-14-6-5-9-19(15(14)2)23-21(24)20-11-10-17(25-20)13-26-12-16-7-3-4-8-18(16)22/h3-4,7-8,10-11,14-15,19H,5-6,9,12-13H2,1-2H3,(H,23,24)/t14-,15+,19+/m1/s1. The van der Waals surface area contributed by atoms with Gasteiger partial charge >= 0.3 is 0 Å². The molecule has 1 aromatic heterocycles. The van der Waals surface area contributed by atoms with Crippen LogP contribution in [0.25, 0.3) is 0 Å². The highest BCUT2D eigenvalue weighted by atomic mass is 35.5. The van der Waals surface area contributed by atoms with Gasteiger partial charge in [-0.25, -0.2) is 0 Å². The van der Waals surface area contributed by atoms with E-state index in [0.717, 1.165) is 34.3 Å². The lowest BCUT2D eigenvalue weighted by Crippen LogP contribution is -2.43. The fourth-order valence-electron chi connectivity index (χ4n) is 3.48. The Morgan fingerprint density at radius 1 is 1.19 bits per heavy atom. The van der Waals surface area contributed by atoms with E-state index in [2.05, 4.69) is 19.2 Å². The van der Waals surface area contributed by atoms with Gasteiger partial charge in [-0.3, -0.25) is 4.79 Å². The Hall–Kier alpha value is -1.39. The number of carbonyl (C=O) groups is 1. The summed E-state index contributed by atoms with van der Waals surface area (Å²) in [6.07, 6.45) is 3.48. The van der Waals surface area contributed by atoms with Crippen LogP contribution in [0.4, 0.5) is 0 Å². The van der Waals surface area contributed by atoms with E-state index < -0.39 is 0 Å². The maximum Gasteiger partial charge on any atom is 0.287 e. The van der Waals surface area contributed by atoms with E-state index in [1.54, 1.807) is 17.8 Å². The number of amides is 1. The largest absolute Gasteiger partial charge is 0.455 e. The van der Waals surface area contributed by atoms with Gasteiger partial charge in [-0.2, -0.15) is 0 Å². The van der Waals surface area contributed by atoms with Crippen LogP contribution in [0.2, 0.25) is 5.02 Å². The average molecular weight is 392 g/mol. The number of thioether (sulfide) groups is 1. The van der Waals surface area contributed by atoms with Crippen molar-refractivity contribution in [3.05, 3.63) is 58.5 Å². The minimum atomic E-state index is -0.0988. The Kier molecular flexibility index (Phi) is 6.71. The first kappa shape index (κ1) is 19.4. The van der Waals surface area contributed by atoms with Gasteiger partial charge < -0.3 is 9.73 Å². The summed E-state index contributed by atoms with van der Waals surface area (Å²) in [4.78, 5) is 12.5. The second kappa shape index (κ2) is 9.01. The van der Waals surface area contributed by atoms with Crippen molar-refractivity contribution in [3.8, 4) is 0 Å². The van der Waals surface area contributed by atoms with Crippen molar-refractivity contribution in [1.29, 1.82) is 0 Å². The zero-order valence-corrected chi connectivity index (χ0v) is 16.9. The summed E-state index contributed by atoms with van der Waals surface area (Å²) in [5, 5.41) is 3.95. The van der Waals surface area contributed by atoms with Gasteiger partial charge in [0.05, 0.1) is 5.75 Å². The molecule has 0 saturated heterocycles. The minimum absolute atomic E-state index is 0.0988. The number of carbonyl (C=O) groups excluding carboxylic acids is 1. The minimum Gasteiger partial charge on any atom is -0.455 e. The van der Waals surface area contributed by atoms with Crippen LogP contribution < -0.4 is 5.32 Å². The molecule has 1 aliphatic carbocycles. The van der Waals surface area contributed by atoms with Gasteiger partial charge in [-0.1, -0.05) is 56.5 Å². The molecule has 1 aromatic carbocycles. The van der Waals surface area contributed by atoms with Crippen molar-refractivity contribution in [2.24, 2.45) is 11.8 Å². The number of hydrogen-bond acceptors (Lipinski definition) is 3. The smallest absolute Gasteiger partial charge is 0.287 e. The number of hydrogen-bond donors (Lipinski definition) is 1. The molecular weight excluding hydrogens is 366 g/mol. The normalized spacial score (nSPS) is 23.0. The van der Waals surface area contributed by atoms with E-state index in [-0.39, 0.29) is 11.9 Å². The molecule has 0 aliphatic heterocycles. The molecule has 0 bridgehead atoms. The van der Waals surface area contributed by atoms with Gasteiger partial charge in [0.1, 0.15) is 5.76 Å². The van der Waals surface area contributed by atoms with Crippen molar-refractivity contribution >= 4 is 29.3 Å². The molecule has 5 heteroatoms.